The molecule has 4 aliphatic rings. The summed E-state index contributed by atoms with van der Waals surface area (Å²) in [5.41, 5.74) is 1.42. The van der Waals surface area contributed by atoms with Crippen LogP contribution in [0.15, 0.2) is 73.3 Å². The lowest BCUT2D eigenvalue weighted by atomic mass is 9.96. The van der Waals surface area contributed by atoms with Crippen LogP contribution in [0.2, 0.25) is 5.02 Å². The molecule has 1 unspecified atom stereocenters. The van der Waals surface area contributed by atoms with Crippen molar-refractivity contribution in [1.29, 1.82) is 0 Å². The second-order valence-electron chi connectivity index (χ2n) is 18.7. The standard InChI is InChI=1S/C54H60ClFN8O11/c1-3-45(67)62-18-20-63(21-19-62)50-40-31-41(55)46(39-30-35(65)29-34-7-4-5-8-37(34)39)48(56)49(40)59-54(60-50)75-33(2)32-61-16-13-36(14-17-61)74-28-27-73-26-25-72-24-23-71-22-15-57-42-10-6-9-38-47(42)53(70)64(52(38)69)43-11-12-44(66)58-51(43)68/h3-10,29-31,33,36,43,57,65H,1,11-28,32H2,2H3,(H,58,66,68)/t33-,43?/m1/s1. The largest absolute Gasteiger partial charge is 0.508 e. The maximum Gasteiger partial charge on any atom is 0.319 e. The first kappa shape index (κ1) is 53.0. The number of fused-ring (bicyclic) bond motifs is 3. The smallest absolute Gasteiger partial charge is 0.319 e. The molecule has 75 heavy (non-hydrogen) atoms. The highest BCUT2D eigenvalue weighted by Crippen LogP contribution is 2.43. The maximum atomic E-state index is 17.1. The van der Waals surface area contributed by atoms with E-state index in [4.69, 9.17) is 40.3 Å². The number of piperidine rings is 2. The minimum absolute atomic E-state index is 0.0145. The van der Waals surface area contributed by atoms with Crippen LogP contribution in [0.3, 0.4) is 0 Å². The molecule has 21 heteroatoms. The van der Waals surface area contributed by atoms with E-state index in [1.807, 2.05) is 36.1 Å². The van der Waals surface area contributed by atoms with E-state index in [9.17, 15) is 29.1 Å². The lowest BCUT2D eigenvalue weighted by molar-refractivity contribution is -0.136. The Labute approximate surface area is 437 Å². The number of hydrogen-bond donors (Lipinski definition) is 3. The highest BCUT2D eigenvalue weighted by molar-refractivity contribution is 6.35. The van der Waals surface area contributed by atoms with Gasteiger partial charge in [-0.15, -0.1) is 0 Å². The molecule has 0 bridgehead atoms. The number of imide groups is 2. The Morgan fingerprint density at radius 2 is 1.57 bits per heavy atom. The van der Waals surface area contributed by atoms with Crippen LogP contribution in [0.5, 0.6) is 11.8 Å². The Bertz CT molecular complexity index is 2970. The van der Waals surface area contributed by atoms with E-state index in [-0.39, 0.29) is 69.9 Å². The summed E-state index contributed by atoms with van der Waals surface area (Å²) in [5, 5.41) is 18.0. The van der Waals surface area contributed by atoms with Crippen molar-refractivity contribution in [1.82, 2.24) is 30.0 Å². The molecule has 0 radical (unpaired) electrons. The predicted octanol–water partition coefficient (Wildman–Crippen LogP) is 5.59. The second kappa shape index (κ2) is 24.2. The molecule has 396 valence electrons. The summed E-state index contributed by atoms with van der Waals surface area (Å²) >= 11 is 6.91. The number of carbonyl (C=O) groups excluding carboxylic acids is 5. The van der Waals surface area contributed by atoms with Gasteiger partial charge >= 0.3 is 6.01 Å². The lowest BCUT2D eigenvalue weighted by Crippen LogP contribution is -2.54. The Morgan fingerprint density at radius 1 is 0.853 bits per heavy atom. The van der Waals surface area contributed by atoms with Gasteiger partial charge < -0.3 is 43.9 Å². The van der Waals surface area contributed by atoms with Gasteiger partial charge in [0.15, 0.2) is 5.82 Å². The van der Waals surface area contributed by atoms with Crippen LogP contribution in [-0.2, 0) is 33.3 Å². The van der Waals surface area contributed by atoms with Gasteiger partial charge in [0.25, 0.3) is 11.8 Å². The number of aromatic nitrogens is 2. The average Bonchev–Trinajstić information content (AvgIpc) is 3.66. The van der Waals surface area contributed by atoms with Crippen molar-refractivity contribution in [3.63, 3.8) is 0 Å². The van der Waals surface area contributed by atoms with Gasteiger partial charge in [-0.25, -0.2) is 4.39 Å². The third-order valence-electron chi connectivity index (χ3n) is 13.7. The van der Waals surface area contributed by atoms with E-state index in [1.54, 1.807) is 35.2 Å². The summed E-state index contributed by atoms with van der Waals surface area (Å²) in [5.74, 6) is -2.63. The molecule has 3 saturated heterocycles. The minimum atomic E-state index is -1.03. The molecule has 1 aromatic heterocycles. The van der Waals surface area contributed by atoms with Gasteiger partial charge in [-0.3, -0.25) is 39.1 Å². The van der Waals surface area contributed by atoms with Crippen molar-refractivity contribution < 1.29 is 57.2 Å². The van der Waals surface area contributed by atoms with Gasteiger partial charge in [0.05, 0.1) is 68.5 Å². The van der Waals surface area contributed by atoms with Gasteiger partial charge in [-0.2, -0.15) is 9.97 Å². The third-order valence-corrected chi connectivity index (χ3v) is 14.0. The van der Waals surface area contributed by atoms with Crippen LogP contribution < -0.4 is 20.3 Å². The molecule has 3 N–H and O–H groups in total. The van der Waals surface area contributed by atoms with Crippen molar-refractivity contribution in [2.75, 3.05) is 109 Å². The Balaban J connectivity index is 0.685. The molecule has 19 nitrogen and oxygen atoms in total. The van der Waals surface area contributed by atoms with Crippen LogP contribution in [0, 0.1) is 5.82 Å². The molecular weight excluding hydrogens is 991 g/mol. The zero-order chi connectivity index (χ0) is 52.6. The van der Waals surface area contributed by atoms with Crippen molar-refractivity contribution in [2.24, 2.45) is 0 Å². The maximum absolute atomic E-state index is 17.1. The summed E-state index contributed by atoms with van der Waals surface area (Å²) in [7, 11) is 0. The van der Waals surface area contributed by atoms with Gasteiger partial charge in [0.1, 0.15) is 29.2 Å². The van der Waals surface area contributed by atoms with E-state index in [0.29, 0.717) is 113 Å². The third kappa shape index (κ3) is 12.2. The molecule has 0 spiro atoms. The first-order valence-corrected chi connectivity index (χ1v) is 25.7. The number of amides is 5. The van der Waals surface area contributed by atoms with E-state index in [0.717, 1.165) is 36.2 Å². The van der Waals surface area contributed by atoms with Gasteiger partial charge in [-0.1, -0.05) is 48.5 Å². The molecule has 4 aliphatic heterocycles. The number of aromatic hydroxyl groups is 1. The Hall–Kier alpha value is -6.81. The summed E-state index contributed by atoms with van der Waals surface area (Å²) in [4.78, 5) is 79.2. The summed E-state index contributed by atoms with van der Waals surface area (Å²) < 4.78 is 46.6. The van der Waals surface area contributed by atoms with Gasteiger partial charge in [0, 0.05) is 75.4 Å². The SMILES string of the molecule is C=CC(=O)N1CCN(c2nc(O[C@H](C)CN3CCC(OCCOCCOCCOCCNc4cccc5c4C(=O)N(C4CCC(=O)NC4=O)C5=O)CC3)nc3c(F)c(-c4cc(O)cc5ccccc45)c(Cl)cc23)CC1. The molecule has 4 aromatic carbocycles. The molecule has 2 atom stereocenters. The van der Waals surface area contributed by atoms with Crippen molar-refractivity contribution in [2.45, 2.75) is 50.9 Å². The van der Waals surface area contributed by atoms with E-state index < -0.39 is 35.5 Å². The normalized spacial score (nSPS) is 18.0. The Kier molecular flexibility index (Phi) is 17.1. The second-order valence-corrected chi connectivity index (χ2v) is 19.1. The number of phenols is 1. The molecule has 3 fully saturated rings. The number of nitrogens with zero attached hydrogens (tertiary/aromatic N) is 6. The van der Waals surface area contributed by atoms with Crippen molar-refractivity contribution >= 4 is 74.3 Å². The molecule has 9 rings (SSSR count). The van der Waals surface area contributed by atoms with Gasteiger partial charge in [-0.05, 0) is 78.9 Å². The fourth-order valence-corrected chi connectivity index (χ4v) is 10.3. The van der Waals surface area contributed by atoms with Gasteiger partial charge in [0.2, 0.25) is 17.7 Å². The fourth-order valence-electron chi connectivity index (χ4n) is 10.0. The van der Waals surface area contributed by atoms with Crippen molar-refractivity contribution in [3.05, 3.63) is 95.3 Å². The van der Waals surface area contributed by atoms with Crippen LogP contribution >= 0.6 is 11.6 Å². The molecule has 5 heterocycles. The monoisotopic (exact) mass is 1050 g/mol. The number of anilines is 2. The topological polar surface area (TPSA) is 215 Å². The number of nitrogens with one attached hydrogen (secondary N) is 2. The quantitative estimate of drug-likeness (QED) is 0.0438. The highest BCUT2D eigenvalue weighted by atomic mass is 35.5. The number of likely N-dealkylation sites (tertiary alicyclic amines) is 1. The van der Waals surface area contributed by atoms with Crippen LogP contribution in [0.4, 0.5) is 15.9 Å². The van der Waals surface area contributed by atoms with Crippen LogP contribution in [-0.4, -0.2) is 176 Å². The summed E-state index contributed by atoms with van der Waals surface area (Å²) in [6.07, 6.45) is 2.82. The van der Waals surface area contributed by atoms with E-state index >= 15 is 4.39 Å². The molecule has 5 amide bonds. The molecule has 0 aliphatic carbocycles. The first-order valence-electron chi connectivity index (χ1n) is 25.3. The number of piperazine rings is 1. The average molecular weight is 1050 g/mol. The zero-order valence-electron chi connectivity index (χ0n) is 41.7. The lowest BCUT2D eigenvalue weighted by Gasteiger charge is -2.35. The number of phenolic OH excluding ortho intramolecular Hbond substituents is 1. The summed E-state index contributed by atoms with van der Waals surface area (Å²) in [6.45, 7) is 12.5. The Morgan fingerprint density at radius 3 is 2.31 bits per heavy atom. The predicted molar refractivity (Wildman–Crippen MR) is 278 cm³/mol. The molecule has 5 aromatic rings. The fraction of sp³-hybridized carbons (Fsp3) is 0.426. The zero-order valence-corrected chi connectivity index (χ0v) is 42.4. The number of hydrogen-bond acceptors (Lipinski definition) is 16. The van der Waals surface area contributed by atoms with Crippen LogP contribution in [0.25, 0.3) is 32.8 Å². The molecular formula is C54H60ClFN8O11. The highest BCUT2D eigenvalue weighted by Gasteiger charge is 2.45. The van der Waals surface area contributed by atoms with Crippen molar-refractivity contribution in [3.8, 4) is 22.9 Å². The number of ether oxygens (including phenoxy) is 5. The van der Waals surface area contributed by atoms with E-state index in [2.05, 4.69) is 27.1 Å². The minimum Gasteiger partial charge on any atom is -0.508 e. The number of benzene rings is 4. The number of carbonyl (C=O) groups is 5. The number of halogens is 2. The first-order chi connectivity index (χ1) is 36.4. The summed E-state index contributed by atoms with van der Waals surface area (Å²) in [6, 6.07) is 16.0. The van der Waals surface area contributed by atoms with Crippen LogP contribution in [0.1, 0.15) is 53.3 Å². The number of rotatable bonds is 22. The van der Waals surface area contributed by atoms with E-state index in [1.165, 1.54) is 12.1 Å². The molecule has 0 saturated carbocycles.